The molecule has 0 aromatic carbocycles. The van der Waals surface area contributed by atoms with Crippen molar-refractivity contribution < 1.29 is 14.6 Å². The van der Waals surface area contributed by atoms with Gasteiger partial charge in [0.25, 0.3) is 0 Å². The molecule has 0 radical (unpaired) electrons. The van der Waals surface area contributed by atoms with Crippen LogP contribution in [0.15, 0.2) is 12.7 Å². The van der Waals surface area contributed by atoms with E-state index in [0.29, 0.717) is 0 Å². The topological polar surface area (TPSA) is 49.8 Å². The Balaban J connectivity index is 2.08. The van der Waals surface area contributed by atoms with E-state index >= 15 is 0 Å². The number of rotatable bonds is 7. The maximum atomic E-state index is 10.3. The normalized spacial score (nSPS) is 18.5. The van der Waals surface area contributed by atoms with Crippen LogP contribution in [-0.2, 0) is 9.53 Å². The number of aliphatic carboxylic acids is 1. The molecule has 1 fully saturated rings. The molecule has 0 aliphatic carbocycles. The van der Waals surface area contributed by atoms with Crippen molar-refractivity contribution in [1.29, 1.82) is 0 Å². The van der Waals surface area contributed by atoms with Crippen LogP contribution < -0.4 is 0 Å². The van der Waals surface area contributed by atoms with Crippen LogP contribution in [0, 0.1) is 0 Å². The number of unbranched alkanes of at least 4 members (excludes halogenated alkanes) is 1. The summed E-state index contributed by atoms with van der Waals surface area (Å²) in [6.07, 6.45) is 6.19. The summed E-state index contributed by atoms with van der Waals surface area (Å²) in [6, 6.07) is 0. The van der Waals surface area contributed by atoms with Gasteiger partial charge in [-0.3, -0.25) is 0 Å². The molecule has 1 saturated heterocycles. The lowest BCUT2D eigenvalue weighted by atomic mass is 10.1. The first-order valence-electron chi connectivity index (χ1n) is 5.89. The summed E-state index contributed by atoms with van der Waals surface area (Å²) in [7, 11) is 0. The Morgan fingerprint density at radius 1 is 1.50 bits per heavy atom. The average Bonchev–Trinajstić information content (AvgIpc) is 2.28. The van der Waals surface area contributed by atoms with Crippen LogP contribution in [0.4, 0.5) is 0 Å². The van der Waals surface area contributed by atoms with Gasteiger partial charge >= 0.3 is 5.97 Å². The highest BCUT2D eigenvalue weighted by Gasteiger charge is 2.19. The molecule has 0 aromatic rings. The number of hydrogen-bond acceptors (Lipinski definition) is 3. The van der Waals surface area contributed by atoms with Crippen LogP contribution >= 0.6 is 0 Å². The molecule has 1 aliphatic heterocycles. The highest BCUT2D eigenvalue weighted by Crippen LogP contribution is 2.14. The van der Waals surface area contributed by atoms with Crippen LogP contribution in [0.5, 0.6) is 0 Å². The van der Waals surface area contributed by atoms with E-state index in [1.165, 1.54) is 0 Å². The number of hydrogen-bond donors (Lipinski definition) is 1. The Bertz CT molecular complexity index is 222. The Morgan fingerprint density at radius 3 is 2.75 bits per heavy atom. The maximum Gasteiger partial charge on any atom is 0.329 e. The summed E-state index contributed by atoms with van der Waals surface area (Å²) < 4.78 is 5.28. The summed E-state index contributed by atoms with van der Waals surface area (Å²) in [5.41, 5.74) is 0. The lowest BCUT2D eigenvalue weighted by Gasteiger charge is -2.31. The minimum Gasteiger partial charge on any atom is -0.480 e. The van der Waals surface area contributed by atoms with Gasteiger partial charge in [0.2, 0.25) is 0 Å². The van der Waals surface area contributed by atoms with Crippen molar-refractivity contribution in [3.8, 4) is 0 Å². The molecule has 0 unspecified atom stereocenters. The van der Waals surface area contributed by atoms with Gasteiger partial charge in [0.05, 0.1) is 6.10 Å². The second kappa shape index (κ2) is 7.41. The van der Waals surface area contributed by atoms with Crippen molar-refractivity contribution in [2.24, 2.45) is 0 Å². The summed E-state index contributed by atoms with van der Waals surface area (Å²) in [4.78, 5) is 12.7. The molecule has 0 saturated carbocycles. The fraction of sp³-hybridized carbons (Fsp3) is 0.750. The first kappa shape index (κ1) is 13.2. The van der Waals surface area contributed by atoms with E-state index in [4.69, 9.17) is 9.84 Å². The van der Waals surface area contributed by atoms with Crippen molar-refractivity contribution in [2.45, 2.75) is 31.8 Å². The van der Waals surface area contributed by atoms with E-state index in [1.807, 2.05) is 6.08 Å². The summed E-state index contributed by atoms with van der Waals surface area (Å²) in [5.74, 6) is -0.881. The molecule has 1 rings (SSSR count). The third kappa shape index (κ3) is 5.28. The molecule has 4 nitrogen and oxygen atoms in total. The molecule has 1 aliphatic rings. The van der Waals surface area contributed by atoms with E-state index in [0.717, 1.165) is 45.3 Å². The van der Waals surface area contributed by atoms with Crippen LogP contribution in [0.1, 0.15) is 25.7 Å². The Kier molecular flexibility index (Phi) is 6.11. The molecule has 4 heteroatoms. The van der Waals surface area contributed by atoms with E-state index in [2.05, 4.69) is 11.5 Å². The lowest BCUT2D eigenvalue weighted by molar-refractivity contribution is -0.145. The molecule has 1 N–H and O–H groups in total. The van der Waals surface area contributed by atoms with Gasteiger partial charge < -0.3 is 14.7 Å². The summed E-state index contributed by atoms with van der Waals surface area (Å²) in [6.45, 7) is 6.68. The highest BCUT2D eigenvalue weighted by atomic mass is 16.5. The quantitative estimate of drug-likeness (QED) is 0.529. The first-order chi connectivity index (χ1) is 7.72. The molecule has 0 amide bonds. The summed E-state index contributed by atoms with van der Waals surface area (Å²) >= 11 is 0. The first-order valence-corrected chi connectivity index (χ1v) is 5.89. The number of likely N-dealkylation sites (tertiary alicyclic amines) is 1. The van der Waals surface area contributed by atoms with Gasteiger partial charge in [0.15, 0.2) is 0 Å². The van der Waals surface area contributed by atoms with Crippen molar-refractivity contribution in [3.05, 3.63) is 12.7 Å². The van der Waals surface area contributed by atoms with Crippen LogP contribution in [0.3, 0.4) is 0 Å². The number of carbonyl (C=O) groups is 1. The van der Waals surface area contributed by atoms with Gasteiger partial charge in [0.1, 0.15) is 6.61 Å². The molecule has 0 aromatic heterocycles. The third-order valence-electron chi connectivity index (χ3n) is 2.86. The van der Waals surface area contributed by atoms with E-state index in [-0.39, 0.29) is 12.7 Å². The predicted octanol–water partition coefficient (Wildman–Crippen LogP) is 1.52. The average molecular weight is 227 g/mol. The largest absolute Gasteiger partial charge is 0.480 e. The van der Waals surface area contributed by atoms with Crippen LogP contribution in [0.25, 0.3) is 0 Å². The molecular weight excluding hydrogens is 206 g/mol. The number of ether oxygens (including phenoxy) is 1. The van der Waals surface area contributed by atoms with Crippen molar-refractivity contribution in [3.63, 3.8) is 0 Å². The third-order valence-corrected chi connectivity index (χ3v) is 2.86. The number of nitrogens with zero attached hydrogens (tertiary/aromatic N) is 1. The zero-order valence-corrected chi connectivity index (χ0v) is 9.73. The predicted molar refractivity (Wildman–Crippen MR) is 62.5 cm³/mol. The minimum absolute atomic E-state index is 0.131. The molecule has 0 bridgehead atoms. The number of carboxylic acids is 1. The van der Waals surface area contributed by atoms with Crippen molar-refractivity contribution >= 4 is 5.97 Å². The van der Waals surface area contributed by atoms with Gasteiger partial charge in [0, 0.05) is 13.1 Å². The molecule has 16 heavy (non-hydrogen) atoms. The zero-order chi connectivity index (χ0) is 11.8. The second-order valence-corrected chi connectivity index (χ2v) is 4.18. The van der Waals surface area contributed by atoms with Gasteiger partial charge in [-0.25, -0.2) is 4.79 Å². The molecule has 0 spiro atoms. The summed E-state index contributed by atoms with van der Waals surface area (Å²) in [5, 5.41) is 8.49. The van der Waals surface area contributed by atoms with Crippen LogP contribution in [0.2, 0.25) is 0 Å². The molecular formula is C12H21NO3. The van der Waals surface area contributed by atoms with Gasteiger partial charge in [-0.15, -0.1) is 6.58 Å². The second-order valence-electron chi connectivity index (χ2n) is 4.18. The van der Waals surface area contributed by atoms with Crippen molar-refractivity contribution in [2.75, 3.05) is 26.2 Å². The number of allylic oxidation sites excluding steroid dienone is 1. The Morgan fingerprint density at radius 2 is 2.19 bits per heavy atom. The monoisotopic (exact) mass is 227 g/mol. The van der Waals surface area contributed by atoms with Crippen molar-refractivity contribution in [1.82, 2.24) is 4.90 Å². The lowest BCUT2D eigenvalue weighted by Crippen LogP contribution is -2.38. The van der Waals surface area contributed by atoms with Gasteiger partial charge in [-0.05, 0) is 32.2 Å². The van der Waals surface area contributed by atoms with E-state index in [1.54, 1.807) is 0 Å². The fourth-order valence-electron chi connectivity index (χ4n) is 1.95. The SMILES string of the molecule is C=CCCCN1CCC(OCC(=O)O)CC1. The van der Waals surface area contributed by atoms with Crippen LogP contribution in [-0.4, -0.2) is 48.3 Å². The highest BCUT2D eigenvalue weighted by molar-refractivity contribution is 5.68. The standard InChI is InChI=1S/C12H21NO3/c1-2-3-4-7-13-8-5-11(6-9-13)16-10-12(14)15/h2,11H,1,3-10H2,(H,14,15). The molecule has 0 atom stereocenters. The number of piperidine rings is 1. The maximum absolute atomic E-state index is 10.3. The zero-order valence-electron chi connectivity index (χ0n) is 9.73. The van der Waals surface area contributed by atoms with E-state index in [9.17, 15) is 4.79 Å². The molecule has 1 heterocycles. The van der Waals surface area contributed by atoms with Gasteiger partial charge in [-0.1, -0.05) is 6.08 Å². The Hall–Kier alpha value is -0.870. The minimum atomic E-state index is -0.881. The fourth-order valence-corrected chi connectivity index (χ4v) is 1.95. The van der Waals surface area contributed by atoms with E-state index < -0.39 is 5.97 Å². The smallest absolute Gasteiger partial charge is 0.329 e. The molecule has 92 valence electrons. The Labute approximate surface area is 96.9 Å². The number of carboxylic acid groups (broad SMARTS) is 1. The van der Waals surface area contributed by atoms with Gasteiger partial charge in [-0.2, -0.15) is 0 Å².